The average molecular weight is 507 g/mol. The lowest BCUT2D eigenvalue weighted by atomic mass is 10.0. The second-order valence-electron chi connectivity index (χ2n) is 9.22. The number of nitrogens with one attached hydrogen (secondary N) is 1. The number of carbonyl (C=O) groups is 1. The molecule has 0 radical (unpaired) electrons. The van der Waals surface area contributed by atoms with Crippen LogP contribution in [0.2, 0.25) is 0 Å². The van der Waals surface area contributed by atoms with Crippen LogP contribution in [0.1, 0.15) is 23.3 Å². The van der Waals surface area contributed by atoms with Crippen molar-refractivity contribution in [3.8, 4) is 22.6 Å². The van der Waals surface area contributed by atoms with E-state index < -0.39 is 0 Å². The molecular formula is C27H26N10O. The van der Waals surface area contributed by atoms with Crippen LogP contribution >= 0.6 is 0 Å². The molecule has 1 aromatic carbocycles. The topological polar surface area (TPSA) is 141 Å². The molecule has 6 rings (SSSR count). The fraction of sp³-hybridized carbons (Fsp3) is 0.222. The zero-order chi connectivity index (χ0) is 26.1. The summed E-state index contributed by atoms with van der Waals surface area (Å²) in [5.41, 5.74) is 9.73. The van der Waals surface area contributed by atoms with Crippen LogP contribution in [0, 0.1) is 0 Å². The van der Waals surface area contributed by atoms with Gasteiger partial charge in [-0.1, -0.05) is 12.1 Å². The average Bonchev–Trinajstić information content (AvgIpc) is 3.39. The van der Waals surface area contributed by atoms with Crippen molar-refractivity contribution in [3.63, 3.8) is 0 Å². The zero-order valence-electron chi connectivity index (χ0n) is 20.8. The van der Waals surface area contributed by atoms with Gasteiger partial charge in [0.05, 0.1) is 11.2 Å². The quantitative estimate of drug-likeness (QED) is 0.368. The molecule has 0 spiro atoms. The van der Waals surface area contributed by atoms with Crippen molar-refractivity contribution in [2.24, 2.45) is 7.05 Å². The van der Waals surface area contributed by atoms with Crippen LogP contribution in [0.25, 0.3) is 33.5 Å². The molecule has 1 aliphatic heterocycles. The van der Waals surface area contributed by atoms with Gasteiger partial charge in [-0.15, -0.1) is 0 Å². The number of aromatic nitrogens is 7. The summed E-state index contributed by atoms with van der Waals surface area (Å²) in [5.74, 6) is 0.415. The predicted molar refractivity (Wildman–Crippen MR) is 144 cm³/mol. The number of benzene rings is 1. The van der Waals surface area contributed by atoms with Crippen LogP contribution in [0.5, 0.6) is 0 Å². The van der Waals surface area contributed by atoms with E-state index >= 15 is 0 Å². The number of carbonyl (C=O) groups excluding carboxylic acids is 1. The second kappa shape index (κ2) is 9.85. The van der Waals surface area contributed by atoms with E-state index in [9.17, 15) is 4.79 Å². The van der Waals surface area contributed by atoms with Gasteiger partial charge in [-0.2, -0.15) is 5.10 Å². The number of nitrogens with zero attached hydrogens (tertiary/aromatic N) is 8. The van der Waals surface area contributed by atoms with E-state index in [4.69, 9.17) is 10.7 Å². The van der Waals surface area contributed by atoms with Crippen LogP contribution in [0.15, 0.2) is 67.3 Å². The van der Waals surface area contributed by atoms with E-state index in [2.05, 4.69) is 35.3 Å². The molecule has 5 heterocycles. The fourth-order valence-corrected chi connectivity index (χ4v) is 4.69. The van der Waals surface area contributed by atoms with Crippen LogP contribution in [-0.4, -0.2) is 59.7 Å². The molecule has 11 nitrogen and oxygen atoms in total. The minimum Gasteiger partial charge on any atom is -0.382 e. The van der Waals surface area contributed by atoms with E-state index in [0.29, 0.717) is 23.0 Å². The minimum absolute atomic E-state index is 0.0191. The Labute approximate surface area is 218 Å². The molecule has 1 fully saturated rings. The highest BCUT2D eigenvalue weighted by atomic mass is 16.2. The molecule has 0 bridgehead atoms. The summed E-state index contributed by atoms with van der Waals surface area (Å²) in [7, 11) is 1.83. The lowest BCUT2D eigenvalue weighted by molar-refractivity contribution is 0.0927. The maximum absolute atomic E-state index is 13.4. The number of anilines is 2. The smallest absolute Gasteiger partial charge is 0.273 e. The van der Waals surface area contributed by atoms with E-state index in [1.165, 1.54) is 0 Å². The molecule has 1 aliphatic rings. The van der Waals surface area contributed by atoms with Crippen molar-refractivity contribution in [3.05, 3.63) is 72.9 Å². The summed E-state index contributed by atoms with van der Waals surface area (Å²) in [6.07, 6.45) is 8.56. The standard InChI is InChI=1S/C27H26N10O/c1-36-13-9-21(35-36)23-22(18-5-6-20-17(16-18)4-2-10-29-20)33-24(25(28)34-23)26(38)32-19-7-14-37(15-8-19)27-30-11-3-12-31-27/h2-6,9-13,16,19H,7-8,14-15H2,1H3,(H2,28,34)(H,32,38). The largest absolute Gasteiger partial charge is 0.382 e. The van der Waals surface area contributed by atoms with Gasteiger partial charge in [0, 0.05) is 61.9 Å². The number of hydrogen-bond donors (Lipinski definition) is 2. The first-order valence-electron chi connectivity index (χ1n) is 12.4. The SMILES string of the molecule is Cn1ccc(-c2nc(N)c(C(=O)NC3CCN(c4ncccn4)CC3)nc2-c2ccc3ncccc3c2)n1. The molecule has 5 aromatic rings. The molecule has 4 aromatic heterocycles. The first-order chi connectivity index (χ1) is 18.5. The van der Waals surface area contributed by atoms with Crippen molar-refractivity contribution in [2.75, 3.05) is 23.7 Å². The molecule has 1 saturated heterocycles. The molecule has 38 heavy (non-hydrogen) atoms. The number of fused-ring (bicyclic) bond motifs is 1. The van der Waals surface area contributed by atoms with Gasteiger partial charge < -0.3 is 16.0 Å². The van der Waals surface area contributed by atoms with Crippen molar-refractivity contribution in [1.29, 1.82) is 0 Å². The Morgan fingerprint density at radius 1 is 0.974 bits per heavy atom. The molecular weight excluding hydrogens is 480 g/mol. The Hall–Kier alpha value is -4.93. The summed E-state index contributed by atoms with van der Waals surface area (Å²) < 4.78 is 1.69. The van der Waals surface area contributed by atoms with Crippen molar-refractivity contribution < 1.29 is 4.79 Å². The van der Waals surface area contributed by atoms with Gasteiger partial charge >= 0.3 is 0 Å². The van der Waals surface area contributed by atoms with Crippen LogP contribution in [-0.2, 0) is 7.05 Å². The van der Waals surface area contributed by atoms with E-state index in [1.807, 2.05) is 49.6 Å². The molecule has 0 unspecified atom stereocenters. The van der Waals surface area contributed by atoms with E-state index in [0.717, 1.165) is 42.4 Å². The molecule has 190 valence electrons. The summed E-state index contributed by atoms with van der Waals surface area (Å²) in [6, 6.07) is 13.3. The molecule has 3 N–H and O–H groups in total. The Bertz CT molecular complexity index is 1610. The first kappa shape index (κ1) is 23.5. The van der Waals surface area contributed by atoms with Gasteiger partial charge in [-0.05, 0) is 43.2 Å². The lowest BCUT2D eigenvalue weighted by Gasteiger charge is -2.32. The van der Waals surface area contributed by atoms with E-state index in [-0.39, 0.29) is 23.5 Å². The van der Waals surface area contributed by atoms with Gasteiger partial charge in [0.2, 0.25) is 5.95 Å². The van der Waals surface area contributed by atoms with Crippen molar-refractivity contribution in [2.45, 2.75) is 18.9 Å². The number of rotatable bonds is 5. The molecule has 0 aliphatic carbocycles. The number of hydrogen-bond acceptors (Lipinski definition) is 9. The Kier molecular flexibility index (Phi) is 6.08. The normalized spacial score (nSPS) is 14.1. The summed E-state index contributed by atoms with van der Waals surface area (Å²) in [5, 5.41) is 8.56. The third-order valence-electron chi connectivity index (χ3n) is 6.64. The molecule has 0 saturated carbocycles. The second-order valence-corrected chi connectivity index (χ2v) is 9.22. The van der Waals surface area contributed by atoms with Crippen LogP contribution in [0.3, 0.4) is 0 Å². The summed E-state index contributed by atoms with van der Waals surface area (Å²) >= 11 is 0. The lowest BCUT2D eigenvalue weighted by Crippen LogP contribution is -2.45. The van der Waals surface area contributed by atoms with Gasteiger partial charge in [-0.25, -0.2) is 19.9 Å². The van der Waals surface area contributed by atoms with Crippen LogP contribution in [0.4, 0.5) is 11.8 Å². The van der Waals surface area contributed by atoms with Crippen molar-refractivity contribution in [1.82, 2.24) is 40.0 Å². The van der Waals surface area contributed by atoms with Gasteiger partial charge in [-0.3, -0.25) is 14.5 Å². The third-order valence-corrected chi connectivity index (χ3v) is 6.64. The van der Waals surface area contributed by atoms with Gasteiger partial charge in [0.25, 0.3) is 5.91 Å². The molecule has 1 amide bonds. The minimum atomic E-state index is -0.347. The fourth-order valence-electron chi connectivity index (χ4n) is 4.69. The van der Waals surface area contributed by atoms with Crippen molar-refractivity contribution >= 4 is 28.6 Å². The number of nitrogens with two attached hydrogens (primary N) is 1. The number of piperidine rings is 1. The zero-order valence-corrected chi connectivity index (χ0v) is 20.8. The Morgan fingerprint density at radius 3 is 2.53 bits per heavy atom. The first-order valence-corrected chi connectivity index (χ1v) is 12.4. The maximum atomic E-state index is 13.4. The van der Waals surface area contributed by atoms with Crippen LogP contribution < -0.4 is 16.0 Å². The number of nitrogen functional groups attached to an aromatic ring is 1. The highest BCUT2D eigenvalue weighted by molar-refractivity contribution is 5.98. The number of pyridine rings is 1. The maximum Gasteiger partial charge on any atom is 0.273 e. The number of aryl methyl sites for hydroxylation is 1. The van der Waals surface area contributed by atoms with E-state index in [1.54, 1.807) is 29.3 Å². The highest BCUT2D eigenvalue weighted by Crippen LogP contribution is 2.31. The summed E-state index contributed by atoms with van der Waals surface area (Å²) in [4.78, 5) is 37.9. The third kappa shape index (κ3) is 4.61. The highest BCUT2D eigenvalue weighted by Gasteiger charge is 2.26. The number of amides is 1. The monoisotopic (exact) mass is 506 g/mol. The molecule has 0 atom stereocenters. The Morgan fingerprint density at radius 2 is 1.76 bits per heavy atom. The molecule has 11 heteroatoms. The van der Waals surface area contributed by atoms with Gasteiger partial charge in [0.1, 0.15) is 11.4 Å². The Balaban J connectivity index is 1.30. The van der Waals surface area contributed by atoms with Gasteiger partial charge in [0.15, 0.2) is 11.5 Å². The summed E-state index contributed by atoms with van der Waals surface area (Å²) in [6.45, 7) is 1.48. The predicted octanol–water partition coefficient (Wildman–Crippen LogP) is 2.86.